The Morgan fingerprint density at radius 1 is 1.23 bits per heavy atom. The Kier molecular flexibility index (Phi) is 4.57. The smallest absolute Gasteiger partial charge is 0.119 e. The molecule has 1 aromatic carbocycles. The van der Waals surface area contributed by atoms with E-state index in [2.05, 4.69) is 15.9 Å². The molecule has 0 unspecified atom stereocenters. The maximum absolute atomic E-state index is 5.40. The minimum atomic E-state index is 0.559. The van der Waals surface area contributed by atoms with Crippen LogP contribution in [0.1, 0.15) is 0 Å². The fourth-order valence-electron chi connectivity index (χ4n) is 0.839. The van der Waals surface area contributed by atoms with Crippen molar-refractivity contribution in [2.24, 2.45) is 5.73 Å². The molecule has 0 saturated carbocycles. The molecule has 0 aliphatic carbocycles. The molecule has 0 bridgehead atoms. The summed E-state index contributed by atoms with van der Waals surface area (Å²) in [6, 6.07) is 7.73. The standard InChI is InChI=1S/C10H12BrNO/c11-9-3-5-10(6-4-9)13-8-2-1-7-12/h1-6H,7-8,12H2. The van der Waals surface area contributed by atoms with E-state index in [1.807, 2.05) is 36.4 Å². The zero-order valence-corrected chi connectivity index (χ0v) is 8.83. The maximum atomic E-state index is 5.40. The molecule has 0 radical (unpaired) electrons. The van der Waals surface area contributed by atoms with Crippen molar-refractivity contribution in [2.45, 2.75) is 0 Å². The molecule has 0 saturated heterocycles. The van der Waals surface area contributed by atoms with Gasteiger partial charge in [0.1, 0.15) is 12.4 Å². The predicted octanol–water partition coefficient (Wildman–Crippen LogP) is 2.34. The number of ether oxygens (including phenoxy) is 1. The van der Waals surface area contributed by atoms with Crippen LogP contribution >= 0.6 is 15.9 Å². The van der Waals surface area contributed by atoms with E-state index in [4.69, 9.17) is 10.5 Å². The molecular formula is C10H12BrNO. The average molecular weight is 242 g/mol. The fourth-order valence-corrected chi connectivity index (χ4v) is 1.10. The van der Waals surface area contributed by atoms with Crippen LogP contribution in [0.3, 0.4) is 0 Å². The van der Waals surface area contributed by atoms with Gasteiger partial charge in [-0.3, -0.25) is 0 Å². The van der Waals surface area contributed by atoms with E-state index in [1.54, 1.807) is 0 Å². The normalized spacial score (nSPS) is 10.6. The van der Waals surface area contributed by atoms with Crippen molar-refractivity contribution >= 4 is 15.9 Å². The summed E-state index contributed by atoms with van der Waals surface area (Å²) in [6.45, 7) is 1.13. The summed E-state index contributed by atoms with van der Waals surface area (Å²) < 4.78 is 6.45. The minimum absolute atomic E-state index is 0.559. The molecule has 0 atom stereocenters. The molecule has 2 nitrogen and oxygen atoms in total. The quantitative estimate of drug-likeness (QED) is 0.822. The molecule has 0 aliphatic heterocycles. The van der Waals surface area contributed by atoms with E-state index < -0.39 is 0 Å². The van der Waals surface area contributed by atoms with Gasteiger partial charge in [0.2, 0.25) is 0 Å². The molecule has 1 rings (SSSR count). The van der Waals surface area contributed by atoms with Gasteiger partial charge in [0.05, 0.1) is 0 Å². The molecular weight excluding hydrogens is 230 g/mol. The largest absolute Gasteiger partial charge is 0.490 e. The van der Waals surface area contributed by atoms with Gasteiger partial charge >= 0.3 is 0 Å². The lowest BCUT2D eigenvalue weighted by molar-refractivity contribution is 0.362. The van der Waals surface area contributed by atoms with Crippen LogP contribution < -0.4 is 10.5 Å². The number of nitrogens with two attached hydrogens (primary N) is 1. The zero-order valence-electron chi connectivity index (χ0n) is 7.24. The second kappa shape index (κ2) is 5.78. The predicted molar refractivity (Wildman–Crippen MR) is 57.8 cm³/mol. The summed E-state index contributed by atoms with van der Waals surface area (Å²) in [5.74, 6) is 0.866. The van der Waals surface area contributed by atoms with Crippen LogP contribution in [0.25, 0.3) is 0 Å². The monoisotopic (exact) mass is 241 g/mol. The molecule has 0 spiro atoms. The zero-order chi connectivity index (χ0) is 9.52. The molecule has 0 heterocycles. The summed E-state index contributed by atoms with van der Waals surface area (Å²) in [5.41, 5.74) is 5.28. The molecule has 0 aliphatic rings. The van der Waals surface area contributed by atoms with Crippen molar-refractivity contribution < 1.29 is 4.74 Å². The Hall–Kier alpha value is -0.800. The Bertz CT molecular complexity index is 269. The lowest BCUT2D eigenvalue weighted by Gasteiger charge is -2.01. The number of halogens is 1. The van der Waals surface area contributed by atoms with Gasteiger partial charge in [-0.1, -0.05) is 28.1 Å². The molecule has 3 heteroatoms. The molecule has 13 heavy (non-hydrogen) atoms. The minimum Gasteiger partial charge on any atom is -0.490 e. The Balaban J connectivity index is 2.37. The number of hydrogen-bond acceptors (Lipinski definition) is 2. The fraction of sp³-hybridized carbons (Fsp3) is 0.200. The topological polar surface area (TPSA) is 35.2 Å². The van der Waals surface area contributed by atoms with Gasteiger partial charge < -0.3 is 10.5 Å². The Labute approximate surface area is 86.5 Å². The van der Waals surface area contributed by atoms with E-state index in [0.29, 0.717) is 13.2 Å². The SMILES string of the molecule is NCC=CCOc1ccc(Br)cc1. The van der Waals surface area contributed by atoms with Crippen LogP contribution in [0.4, 0.5) is 0 Å². The van der Waals surface area contributed by atoms with E-state index in [1.165, 1.54) is 0 Å². The first kappa shape index (κ1) is 10.3. The van der Waals surface area contributed by atoms with Crippen molar-refractivity contribution in [1.82, 2.24) is 0 Å². The second-order valence-corrected chi connectivity index (χ2v) is 3.39. The van der Waals surface area contributed by atoms with Crippen molar-refractivity contribution in [3.8, 4) is 5.75 Å². The summed E-state index contributed by atoms with van der Waals surface area (Å²) >= 11 is 3.35. The molecule has 0 fully saturated rings. The van der Waals surface area contributed by atoms with Crippen LogP contribution in [0.2, 0.25) is 0 Å². The first-order valence-corrected chi connectivity index (χ1v) is 4.85. The Morgan fingerprint density at radius 2 is 1.92 bits per heavy atom. The first-order valence-electron chi connectivity index (χ1n) is 4.06. The van der Waals surface area contributed by atoms with Crippen LogP contribution in [0.5, 0.6) is 5.75 Å². The van der Waals surface area contributed by atoms with Crippen molar-refractivity contribution in [3.63, 3.8) is 0 Å². The van der Waals surface area contributed by atoms with Gasteiger partial charge in [-0.05, 0) is 24.3 Å². The summed E-state index contributed by atoms with van der Waals surface area (Å²) in [7, 11) is 0. The van der Waals surface area contributed by atoms with Crippen molar-refractivity contribution in [1.29, 1.82) is 0 Å². The Morgan fingerprint density at radius 3 is 2.54 bits per heavy atom. The molecule has 70 valence electrons. The van der Waals surface area contributed by atoms with Crippen LogP contribution in [0, 0.1) is 0 Å². The second-order valence-electron chi connectivity index (χ2n) is 2.47. The van der Waals surface area contributed by atoms with Crippen LogP contribution in [-0.2, 0) is 0 Å². The van der Waals surface area contributed by atoms with Gasteiger partial charge in [0, 0.05) is 11.0 Å². The van der Waals surface area contributed by atoms with Gasteiger partial charge in [-0.2, -0.15) is 0 Å². The van der Waals surface area contributed by atoms with E-state index in [9.17, 15) is 0 Å². The highest BCUT2D eigenvalue weighted by Crippen LogP contribution is 2.15. The molecule has 0 aromatic heterocycles. The lowest BCUT2D eigenvalue weighted by Crippen LogP contribution is -1.96. The summed E-state index contributed by atoms with van der Waals surface area (Å²) in [5, 5.41) is 0. The molecule has 1 aromatic rings. The third kappa shape index (κ3) is 4.10. The highest BCUT2D eigenvalue weighted by atomic mass is 79.9. The summed E-state index contributed by atoms with van der Waals surface area (Å²) in [6.07, 6.45) is 3.78. The average Bonchev–Trinajstić information content (AvgIpc) is 2.15. The molecule has 0 amide bonds. The van der Waals surface area contributed by atoms with Crippen LogP contribution in [-0.4, -0.2) is 13.2 Å². The number of benzene rings is 1. The summed E-state index contributed by atoms with van der Waals surface area (Å²) in [4.78, 5) is 0. The van der Waals surface area contributed by atoms with Crippen molar-refractivity contribution in [2.75, 3.05) is 13.2 Å². The van der Waals surface area contributed by atoms with Gasteiger partial charge in [-0.15, -0.1) is 0 Å². The van der Waals surface area contributed by atoms with Crippen molar-refractivity contribution in [3.05, 3.63) is 40.9 Å². The van der Waals surface area contributed by atoms with Crippen LogP contribution in [0.15, 0.2) is 40.9 Å². The third-order valence-corrected chi connectivity index (χ3v) is 1.99. The van der Waals surface area contributed by atoms with Gasteiger partial charge in [0.15, 0.2) is 0 Å². The van der Waals surface area contributed by atoms with E-state index >= 15 is 0 Å². The van der Waals surface area contributed by atoms with E-state index in [-0.39, 0.29) is 0 Å². The van der Waals surface area contributed by atoms with Gasteiger partial charge in [0.25, 0.3) is 0 Å². The van der Waals surface area contributed by atoms with E-state index in [0.717, 1.165) is 10.2 Å². The maximum Gasteiger partial charge on any atom is 0.119 e. The van der Waals surface area contributed by atoms with Gasteiger partial charge in [-0.25, -0.2) is 0 Å². The first-order chi connectivity index (χ1) is 6.33. The highest BCUT2D eigenvalue weighted by molar-refractivity contribution is 9.10. The molecule has 2 N–H and O–H groups in total. The third-order valence-electron chi connectivity index (χ3n) is 1.46. The highest BCUT2D eigenvalue weighted by Gasteiger charge is 1.90. The number of rotatable bonds is 4. The number of hydrogen-bond donors (Lipinski definition) is 1. The lowest BCUT2D eigenvalue weighted by atomic mass is 10.3.